The fraction of sp³-hybridized carbons (Fsp3) is 0.409. The van der Waals surface area contributed by atoms with Gasteiger partial charge in [-0.1, -0.05) is 6.07 Å². The Balaban J connectivity index is 1.40. The van der Waals surface area contributed by atoms with E-state index in [9.17, 15) is 17.7 Å². The topological polar surface area (TPSA) is 80.2 Å². The van der Waals surface area contributed by atoms with Crippen molar-refractivity contribution in [3.8, 4) is 10.4 Å². The van der Waals surface area contributed by atoms with E-state index in [1.165, 1.54) is 0 Å². The van der Waals surface area contributed by atoms with Gasteiger partial charge in [0.15, 0.2) is 7.37 Å². The summed E-state index contributed by atoms with van der Waals surface area (Å²) in [5.41, 5.74) is 1.45. The molecule has 0 aliphatic carbocycles. The van der Waals surface area contributed by atoms with Gasteiger partial charge in [-0.2, -0.15) is 13.2 Å². The van der Waals surface area contributed by atoms with E-state index in [-0.39, 0.29) is 5.95 Å². The molecule has 1 N–H and O–H groups in total. The molecular formula is C22H25F3N5O2PS. The zero-order valence-electron chi connectivity index (χ0n) is 19.0. The number of alkyl halides is 3. The second-order valence-corrected chi connectivity index (χ2v) is 12.6. The molecule has 0 radical (unpaired) electrons. The van der Waals surface area contributed by atoms with Crippen LogP contribution in [-0.2, 0) is 21.8 Å². The van der Waals surface area contributed by atoms with Crippen molar-refractivity contribution in [3.63, 3.8) is 0 Å². The van der Waals surface area contributed by atoms with Gasteiger partial charge >= 0.3 is 6.18 Å². The van der Waals surface area contributed by atoms with Crippen molar-refractivity contribution in [2.45, 2.75) is 19.6 Å². The zero-order valence-corrected chi connectivity index (χ0v) is 20.7. The molecule has 0 atom stereocenters. The molecule has 1 aliphatic rings. The lowest BCUT2D eigenvalue weighted by molar-refractivity contribution is -0.141. The summed E-state index contributed by atoms with van der Waals surface area (Å²) in [6.07, 6.45) is -1.64. The van der Waals surface area contributed by atoms with E-state index in [0.717, 1.165) is 52.9 Å². The van der Waals surface area contributed by atoms with E-state index in [1.54, 1.807) is 24.7 Å². The number of nitrogens with one attached hydrogen (secondary N) is 1. The number of nitrogens with zero attached hydrogens (tertiary/aromatic N) is 4. The number of rotatable bonds is 8. The summed E-state index contributed by atoms with van der Waals surface area (Å²) in [6, 6.07) is 6.51. The van der Waals surface area contributed by atoms with E-state index in [4.69, 9.17) is 4.52 Å². The Hall–Kier alpha value is -2.33. The SMILES string of the molecule is Cc1cc(Nc2nccc(C(F)(F)F)n2)cc(-c2cnc(CN3CC(COP(C)(C)=O)C3)s2)c1. The van der Waals surface area contributed by atoms with E-state index in [2.05, 4.69) is 25.2 Å². The molecule has 0 unspecified atom stereocenters. The largest absolute Gasteiger partial charge is 0.433 e. The Labute approximate surface area is 199 Å². The Morgan fingerprint density at radius 2 is 2.00 bits per heavy atom. The number of likely N-dealkylation sites (tertiary alicyclic amines) is 1. The van der Waals surface area contributed by atoms with Crippen LogP contribution in [-0.4, -0.2) is 52.9 Å². The first-order valence-corrected chi connectivity index (χ1v) is 13.9. The third kappa shape index (κ3) is 6.63. The van der Waals surface area contributed by atoms with Crippen molar-refractivity contribution in [3.05, 3.63) is 52.9 Å². The van der Waals surface area contributed by atoms with Crippen LogP contribution in [0.1, 0.15) is 16.3 Å². The molecule has 0 saturated carbocycles. The van der Waals surface area contributed by atoms with Crippen LogP contribution in [0.2, 0.25) is 0 Å². The lowest BCUT2D eigenvalue weighted by Gasteiger charge is -2.38. The predicted molar refractivity (Wildman–Crippen MR) is 127 cm³/mol. The average molecular weight is 512 g/mol. The van der Waals surface area contributed by atoms with Crippen molar-refractivity contribution in [1.82, 2.24) is 19.9 Å². The predicted octanol–water partition coefficient (Wildman–Crippen LogP) is 5.66. The summed E-state index contributed by atoms with van der Waals surface area (Å²) in [6.45, 7) is 8.16. The van der Waals surface area contributed by atoms with Gasteiger partial charge in [0, 0.05) is 50.4 Å². The normalized spacial score (nSPS) is 15.4. The van der Waals surface area contributed by atoms with Crippen molar-refractivity contribution in [1.29, 1.82) is 0 Å². The van der Waals surface area contributed by atoms with Crippen molar-refractivity contribution >= 4 is 30.3 Å². The van der Waals surface area contributed by atoms with Crippen LogP contribution in [0.3, 0.4) is 0 Å². The number of hydrogen-bond donors (Lipinski definition) is 1. The van der Waals surface area contributed by atoms with Gasteiger partial charge in [0.2, 0.25) is 5.95 Å². The van der Waals surface area contributed by atoms with Crippen LogP contribution >= 0.6 is 18.7 Å². The maximum absolute atomic E-state index is 12.9. The van der Waals surface area contributed by atoms with Gasteiger partial charge in [0.25, 0.3) is 0 Å². The van der Waals surface area contributed by atoms with Crippen molar-refractivity contribution < 1.29 is 22.3 Å². The van der Waals surface area contributed by atoms with E-state index in [0.29, 0.717) is 18.2 Å². The quantitative estimate of drug-likeness (QED) is 0.391. The second kappa shape index (κ2) is 9.73. The van der Waals surface area contributed by atoms with Gasteiger partial charge in [-0.3, -0.25) is 9.46 Å². The molecule has 0 spiro atoms. The van der Waals surface area contributed by atoms with Crippen LogP contribution in [0.5, 0.6) is 0 Å². The second-order valence-electron chi connectivity index (χ2n) is 8.70. The summed E-state index contributed by atoms with van der Waals surface area (Å²) < 4.78 is 55.9. The Bertz CT molecular complexity index is 1210. The Morgan fingerprint density at radius 3 is 2.71 bits per heavy atom. The van der Waals surface area contributed by atoms with Crippen LogP contribution in [0, 0.1) is 12.8 Å². The molecule has 1 saturated heterocycles. The highest BCUT2D eigenvalue weighted by atomic mass is 32.1. The number of halogens is 3. The van der Waals surface area contributed by atoms with E-state index < -0.39 is 19.2 Å². The molecule has 1 aliphatic heterocycles. The number of aromatic nitrogens is 3. The van der Waals surface area contributed by atoms with Crippen LogP contribution in [0.4, 0.5) is 24.8 Å². The standard InChI is InChI=1S/C22H25F3N5O2PS/c1-14-6-16(8-17(7-14)28-21-26-5-4-19(29-21)22(23,24)25)18-9-27-20(34-18)12-30-10-15(11-30)13-32-33(2,3)31/h4-9,15H,10-13H2,1-3H3,(H,26,28,29). The van der Waals surface area contributed by atoms with Crippen LogP contribution < -0.4 is 5.32 Å². The third-order valence-corrected chi connectivity index (χ3v) is 6.93. The van der Waals surface area contributed by atoms with Crippen LogP contribution in [0.25, 0.3) is 10.4 Å². The first-order valence-electron chi connectivity index (χ1n) is 10.6. The summed E-state index contributed by atoms with van der Waals surface area (Å²) in [7, 11) is -2.45. The summed E-state index contributed by atoms with van der Waals surface area (Å²) in [5, 5.41) is 3.85. The summed E-state index contributed by atoms with van der Waals surface area (Å²) >= 11 is 1.58. The summed E-state index contributed by atoms with van der Waals surface area (Å²) in [4.78, 5) is 15.2. The fourth-order valence-corrected chi connectivity index (χ4v) is 5.13. The minimum Gasteiger partial charge on any atom is -0.328 e. The maximum atomic E-state index is 12.9. The van der Waals surface area contributed by atoms with Crippen molar-refractivity contribution in [2.75, 3.05) is 38.3 Å². The average Bonchev–Trinajstić information content (AvgIpc) is 3.17. The monoisotopic (exact) mass is 511 g/mol. The lowest BCUT2D eigenvalue weighted by Crippen LogP contribution is -2.47. The third-order valence-electron chi connectivity index (χ3n) is 5.13. The Morgan fingerprint density at radius 1 is 1.24 bits per heavy atom. The zero-order chi connectivity index (χ0) is 24.5. The van der Waals surface area contributed by atoms with Crippen LogP contribution in [0.15, 0.2) is 36.7 Å². The number of anilines is 2. The molecule has 182 valence electrons. The van der Waals surface area contributed by atoms with Gasteiger partial charge in [-0.15, -0.1) is 11.3 Å². The minimum atomic E-state index is -4.53. The molecule has 7 nitrogen and oxygen atoms in total. The van der Waals surface area contributed by atoms with E-state index in [1.807, 2.05) is 31.3 Å². The molecule has 34 heavy (non-hydrogen) atoms. The molecule has 12 heteroatoms. The number of benzene rings is 1. The fourth-order valence-electron chi connectivity index (χ4n) is 3.61. The van der Waals surface area contributed by atoms with E-state index >= 15 is 0 Å². The Kier molecular flexibility index (Phi) is 7.09. The van der Waals surface area contributed by atoms with Gasteiger partial charge in [0.1, 0.15) is 10.7 Å². The molecule has 1 aromatic carbocycles. The highest BCUT2D eigenvalue weighted by Gasteiger charge is 2.33. The number of hydrogen-bond acceptors (Lipinski definition) is 8. The molecule has 2 aromatic heterocycles. The first kappa shape index (κ1) is 24.8. The molecule has 4 rings (SSSR count). The molecule has 3 aromatic rings. The smallest absolute Gasteiger partial charge is 0.328 e. The molecule has 3 heterocycles. The minimum absolute atomic E-state index is 0.116. The molecule has 0 amide bonds. The highest BCUT2D eigenvalue weighted by Crippen LogP contribution is 2.39. The molecule has 0 bridgehead atoms. The lowest BCUT2D eigenvalue weighted by atomic mass is 10.0. The first-order chi connectivity index (χ1) is 15.9. The molecular weight excluding hydrogens is 486 g/mol. The number of thiazole rings is 1. The van der Waals surface area contributed by atoms with Gasteiger partial charge in [-0.25, -0.2) is 15.0 Å². The molecule has 1 fully saturated rings. The highest BCUT2D eigenvalue weighted by molar-refractivity contribution is 7.57. The van der Waals surface area contributed by atoms with Gasteiger partial charge < -0.3 is 9.84 Å². The van der Waals surface area contributed by atoms with Gasteiger partial charge in [-0.05, 0) is 36.2 Å². The van der Waals surface area contributed by atoms with Gasteiger partial charge in [0.05, 0.1) is 18.0 Å². The summed E-state index contributed by atoms with van der Waals surface area (Å²) in [5.74, 6) is 0.270. The van der Waals surface area contributed by atoms with Crippen molar-refractivity contribution in [2.24, 2.45) is 5.92 Å². The maximum Gasteiger partial charge on any atom is 0.433 e. The number of aryl methyl sites for hydroxylation is 1.